The average molecular weight is 529 g/mol. The van der Waals surface area contributed by atoms with Crippen LogP contribution in [-0.4, -0.2) is 30.1 Å². The van der Waals surface area contributed by atoms with E-state index in [-0.39, 0.29) is 33.4 Å². The zero-order chi connectivity index (χ0) is 25.6. The second-order valence-corrected chi connectivity index (χ2v) is 7.81. The number of para-hydroxylation sites is 1. The number of benzene rings is 3. The SMILES string of the molecule is O=C(O)COc1ccc(CNC(=O)Nc2cc(Cl)c(-c3ccccc3OC(F)(F)F)c(Cl)c2)cc1. The van der Waals surface area contributed by atoms with Crippen LogP contribution in [-0.2, 0) is 11.3 Å². The van der Waals surface area contributed by atoms with E-state index in [1.807, 2.05) is 0 Å². The van der Waals surface area contributed by atoms with Crippen molar-refractivity contribution in [1.29, 1.82) is 0 Å². The normalized spacial score (nSPS) is 11.0. The molecule has 3 aromatic rings. The lowest BCUT2D eigenvalue weighted by Crippen LogP contribution is -2.28. The van der Waals surface area contributed by atoms with Crippen LogP contribution in [0.4, 0.5) is 23.7 Å². The van der Waals surface area contributed by atoms with Gasteiger partial charge in [0, 0.05) is 23.4 Å². The molecule has 12 heteroatoms. The second kappa shape index (κ2) is 11.2. The molecule has 0 fully saturated rings. The molecule has 3 aromatic carbocycles. The van der Waals surface area contributed by atoms with Crippen LogP contribution in [0.15, 0.2) is 60.7 Å². The van der Waals surface area contributed by atoms with Crippen LogP contribution in [0, 0.1) is 0 Å². The van der Waals surface area contributed by atoms with E-state index in [0.717, 1.165) is 11.6 Å². The van der Waals surface area contributed by atoms with Crippen molar-refractivity contribution in [3.63, 3.8) is 0 Å². The number of carbonyl (C=O) groups excluding carboxylic acids is 1. The smallest absolute Gasteiger partial charge is 0.482 e. The molecule has 35 heavy (non-hydrogen) atoms. The zero-order valence-corrected chi connectivity index (χ0v) is 19.2. The summed E-state index contributed by atoms with van der Waals surface area (Å²) >= 11 is 12.6. The van der Waals surface area contributed by atoms with Crippen molar-refractivity contribution in [3.8, 4) is 22.6 Å². The zero-order valence-electron chi connectivity index (χ0n) is 17.7. The number of carboxylic acid groups (broad SMARTS) is 1. The van der Waals surface area contributed by atoms with Gasteiger partial charge in [0.15, 0.2) is 6.61 Å². The number of carbonyl (C=O) groups is 2. The first kappa shape index (κ1) is 26.0. The first-order valence-corrected chi connectivity index (χ1v) is 10.6. The molecule has 0 aromatic heterocycles. The number of hydrogen-bond donors (Lipinski definition) is 3. The highest BCUT2D eigenvalue weighted by Gasteiger charge is 2.32. The summed E-state index contributed by atoms with van der Waals surface area (Å²) in [5.41, 5.74) is 1.08. The fraction of sp³-hybridized carbons (Fsp3) is 0.130. The Morgan fingerprint density at radius 1 is 0.971 bits per heavy atom. The minimum absolute atomic E-state index is 0.00275. The molecule has 0 aliphatic carbocycles. The number of alkyl halides is 3. The van der Waals surface area contributed by atoms with Crippen LogP contribution in [0.25, 0.3) is 11.1 Å². The molecule has 0 saturated heterocycles. The van der Waals surface area contributed by atoms with Gasteiger partial charge in [-0.25, -0.2) is 9.59 Å². The maximum atomic E-state index is 12.8. The Labute approximate surface area is 207 Å². The highest BCUT2D eigenvalue weighted by atomic mass is 35.5. The third-order valence-electron chi connectivity index (χ3n) is 4.42. The van der Waals surface area contributed by atoms with E-state index in [0.29, 0.717) is 5.75 Å². The van der Waals surface area contributed by atoms with Gasteiger partial charge in [0.1, 0.15) is 11.5 Å². The predicted molar refractivity (Wildman–Crippen MR) is 124 cm³/mol. The topological polar surface area (TPSA) is 96.9 Å². The Kier molecular flexibility index (Phi) is 8.31. The van der Waals surface area contributed by atoms with E-state index >= 15 is 0 Å². The summed E-state index contributed by atoms with van der Waals surface area (Å²) in [6, 6.07) is 14.0. The number of urea groups is 1. The number of aliphatic carboxylic acids is 1. The number of carboxylic acids is 1. The monoisotopic (exact) mass is 528 g/mol. The van der Waals surface area contributed by atoms with Gasteiger partial charge in [-0.3, -0.25) is 0 Å². The third kappa shape index (κ3) is 7.69. The van der Waals surface area contributed by atoms with Crippen LogP contribution in [0.1, 0.15) is 5.56 Å². The number of anilines is 1. The molecule has 3 N–H and O–H groups in total. The van der Waals surface area contributed by atoms with E-state index in [4.69, 9.17) is 33.0 Å². The van der Waals surface area contributed by atoms with Crippen LogP contribution in [0.5, 0.6) is 11.5 Å². The minimum Gasteiger partial charge on any atom is -0.482 e. The van der Waals surface area contributed by atoms with Crippen molar-refractivity contribution in [3.05, 3.63) is 76.3 Å². The van der Waals surface area contributed by atoms with Crippen molar-refractivity contribution in [2.24, 2.45) is 0 Å². The van der Waals surface area contributed by atoms with Gasteiger partial charge in [0.25, 0.3) is 0 Å². The summed E-state index contributed by atoms with van der Waals surface area (Å²) in [6.45, 7) is -0.322. The molecule has 184 valence electrons. The van der Waals surface area contributed by atoms with Crippen LogP contribution >= 0.6 is 23.2 Å². The standard InChI is InChI=1S/C23H17Cl2F3N2O5/c24-17-9-14(10-18(25)21(17)16-3-1-2-4-19(16)35-23(26,27)28)30-22(33)29-11-13-5-7-15(8-6-13)34-12-20(31)32/h1-10H,11-12H2,(H,31,32)(H2,29,30,33). The van der Waals surface area contributed by atoms with Crippen molar-refractivity contribution in [2.75, 3.05) is 11.9 Å². The molecule has 0 aliphatic rings. The molecule has 3 rings (SSSR count). The maximum Gasteiger partial charge on any atom is 0.573 e. The molecule has 0 radical (unpaired) electrons. The van der Waals surface area contributed by atoms with Crippen molar-refractivity contribution < 1.29 is 37.3 Å². The molecule has 0 aliphatic heterocycles. The largest absolute Gasteiger partial charge is 0.573 e. The quantitative estimate of drug-likeness (QED) is 0.316. The Bertz CT molecular complexity index is 1200. The predicted octanol–water partition coefficient (Wildman–Crippen LogP) is 6.34. The van der Waals surface area contributed by atoms with Crippen LogP contribution in [0.3, 0.4) is 0 Å². The van der Waals surface area contributed by atoms with Gasteiger partial charge in [-0.2, -0.15) is 0 Å². The second-order valence-electron chi connectivity index (χ2n) is 6.99. The van der Waals surface area contributed by atoms with Gasteiger partial charge in [-0.1, -0.05) is 53.5 Å². The first-order valence-electron chi connectivity index (χ1n) is 9.84. The van der Waals surface area contributed by atoms with Crippen LogP contribution in [0.2, 0.25) is 10.0 Å². The van der Waals surface area contributed by atoms with E-state index < -0.39 is 30.7 Å². The number of hydrogen-bond acceptors (Lipinski definition) is 4. The molecule has 7 nitrogen and oxygen atoms in total. The Hall–Kier alpha value is -3.63. The minimum atomic E-state index is -4.90. The average Bonchev–Trinajstić information content (AvgIpc) is 2.76. The fourth-order valence-electron chi connectivity index (χ4n) is 3.00. The van der Waals surface area contributed by atoms with E-state index in [9.17, 15) is 22.8 Å². The highest BCUT2D eigenvalue weighted by molar-refractivity contribution is 6.40. The number of rotatable bonds is 8. The van der Waals surface area contributed by atoms with Crippen molar-refractivity contribution in [1.82, 2.24) is 5.32 Å². The summed E-state index contributed by atoms with van der Waals surface area (Å²) in [7, 11) is 0. The van der Waals surface area contributed by atoms with Gasteiger partial charge in [0.2, 0.25) is 0 Å². The van der Waals surface area contributed by atoms with Crippen molar-refractivity contribution in [2.45, 2.75) is 12.9 Å². The number of ether oxygens (including phenoxy) is 2. The number of halogens is 5. The Morgan fingerprint density at radius 3 is 2.20 bits per heavy atom. The Balaban J connectivity index is 1.66. The van der Waals surface area contributed by atoms with Gasteiger partial charge in [-0.15, -0.1) is 13.2 Å². The molecule has 0 spiro atoms. The van der Waals surface area contributed by atoms with E-state index in [2.05, 4.69) is 15.4 Å². The van der Waals surface area contributed by atoms with Crippen molar-refractivity contribution >= 4 is 40.9 Å². The van der Waals surface area contributed by atoms with Gasteiger partial charge >= 0.3 is 18.4 Å². The van der Waals surface area contributed by atoms with E-state index in [1.165, 1.54) is 30.3 Å². The molecule has 2 amide bonds. The fourth-order valence-corrected chi connectivity index (χ4v) is 3.69. The summed E-state index contributed by atoms with van der Waals surface area (Å²) < 4.78 is 47.4. The molecular weight excluding hydrogens is 512 g/mol. The summed E-state index contributed by atoms with van der Waals surface area (Å²) in [4.78, 5) is 22.8. The summed E-state index contributed by atoms with van der Waals surface area (Å²) in [6.07, 6.45) is -4.90. The summed E-state index contributed by atoms with van der Waals surface area (Å²) in [5.74, 6) is -1.20. The van der Waals surface area contributed by atoms with Crippen LogP contribution < -0.4 is 20.1 Å². The molecule has 0 unspecified atom stereocenters. The Morgan fingerprint density at radius 2 is 1.60 bits per heavy atom. The lowest BCUT2D eigenvalue weighted by Gasteiger charge is -2.16. The molecule has 0 bridgehead atoms. The van der Waals surface area contributed by atoms with E-state index in [1.54, 1.807) is 24.3 Å². The lowest BCUT2D eigenvalue weighted by atomic mass is 10.0. The maximum absolute atomic E-state index is 12.8. The van der Waals surface area contributed by atoms with Gasteiger partial charge in [0.05, 0.1) is 10.0 Å². The number of nitrogens with one attached hydrogen (secondary N) is 2. The molecule has 0 saturated carbocycles. The lowest BCUT2D eigenvalue weighted by molar-refractivity contribution is -0.274. The third-order valence-corrected chi connectivity index (χ3v) is 5.02. The van der Waals surface area contributed by atoms with Gasteiger partial charge in [-0.05, 0) is 35.9 Å². The first-order chi connectivity index (χ1) is 16.5. The number of amides is 2. The van der Waals surface area contributed by atoms with Gasteiger partial charge < -0.3 is 25.2 Å². The summed E-state index contributed by atoms with van der Waals surface area (Å²) in [5, 5.41) is 13.8. The highest BCUT2D eigenvalue weighted by Crippen LogP contribution is 2.42. The molecule has 0 atom stereocenters. The molecular formula is C23H17Cl2F3N2O5. The molecule has 0 heterocycles.